The smallest absolute Gasteiger partial charge is 0.339 e. The largest absolute Gasteiger partial charge is 0.416 e. The maximum atomic E-state index is 12.6. The molecule has 1 aromatic rings. The van der Waals surface area contributed by atoms with E-state index in [4.69, 9.17) is 0 Å². The lowest BCUT2D eigenvalue weighted by atomic mass is 10.1. The van der Waals surface area contributed by atoms with Crippen molar-refractivity contribution in [3.63, 3.8) is 0 Å². The standard InChI is InChI=1S/C15H16F3NO/c16-15(17,18)13-6-4-5-12(11-13)7-8-14(20)19-9-2-1-3-10-19/h4-8,11H,1-3,9-10H2/b8-7+. The fourth-order valence-electron chi connectivity index (χ4n) is 2.21. The van der Waals surface area contributed by atoms with Gasteiger partial charge in [0.05, 0.1) is 5.56 Å². The van der Waals surface area contributed by atoms with Crippen LogP contribution < -0.4 is 0 Å². The molecule has 1 saturated heterocycles. The molecule has 1 aliphatic heterocycles. The van der Waals surface area contributed by atoms with Gasteiger partial charge in [-0.15, -0.1) is 0 Å². The number of carbonyl (C=O) groups excluding carboxylic acids is 1. The highest BCUT2D eigenvalue weighted by Gasteiger charge is 2.30. The predicted octanol–water partition coefficient (Wildman–Crippen LogP) is 3.73. The number of rotatable bonds is 2. The van der Waals surface area contributed by atoms with Crippen molar-refractivity contribution >= 4 is 12.0 Å². The van der Waals surface area contributed by atoms with E-state index >= 15 is 0 Å². The van der Waals surface area contributed by atoms with Crippen molar-refractivity contribution in [2.24, 2.45) is 0 Å². The Labute approximate surface area is 115 Å². The van der Waals surface area contributed by atoms with E-state index in [1.807, 2.05) is 0 Å². The Morgan fingerprint density at radius 3 is 2.50 bits per heavy atom. The molecule has 108 valence electrons. The van der Waals surface area contributed by atoms with Crippen LogP contribution in [0.5, 0.6) is 0 Å². The van der Waals surface area contributed by atoms with Gasteiger partial charge in [0, 0.05) is 19.2 Å². The molecule has 1 aromatic carbocycles. The maximum absolute atomic E-state index is 12.6. The number of hydrogen-bond acceptors (Lipinski definition) is 1. The van der Waals surface area contributed by atoms with Crippen LogP contribution in [-0.2, 0) is 11.0 Å². The van der Waals surface area contributed by atoms with Crippen LogP contribution in [0.2, 0.25) is 0 Å². The summed E-state index contributed by atoms with van der Waals surface area (Å²) in [5, 5.41) is 0. The Kier molecular flexibility index (Phi) is 4.47. The van der Waals surface area contributed by atoms with E-state index in [0.717, 1.165) is 44.5 Å². The highest BCUT2D eigenvalue weighted by Crippen LogP contribution is 2.29. The maximum Gasteiger partial charge on any atom is 0.416 e. The highest BCUT2D eigenvalue weighted by molar-refractivity contribution is 5.91. The first kappa shape index (κ1) is 14.6. The predicted molar refractivity (Wildman–Crippen MR) is 70.9 cm³/mol. The molecule has 0 N–H and O–H groups in total. The van der Waals surface area contributed by atoms with Crippen LogP contribution in [0.4, 0.5) is 13.2 Å². The zero-order chi connectivity index (χ0) is 14.6. The molecular formula is C15H16F3NO. The molecule has 2 nitrogen and oxygen atoms in total. The zero-order valence-electron chi connectivity index (χ0n) is 11.0. The molecule has 0 bridgehead atoms. The fraction of sp³-hybridized carbons (Fsp3) is 0.400. The number of benzene rings is 1. The molecule has 0 aromatic heterocycles. The molecule has 2 rings (SSSR count). The van der Waals surface area contributed by atoms with E-state index < -0.39 is 11.7 Å². The van der Waals surface area contributed by atoms with E-state index in [0.29, 0.717) is 5.56 Å². The van der Waals surface area contributed by atoms with Gasteiger partial charge >= 0.3 is 6.18 Å². The Bertz CT molecular complexity index is 502. The lowest BCUT2D eigenvalue weighted by Crippen LogP contribution is -2.34. The second-order valence-electron chi connectivity index (χ2n) is 4.84. The van der Waals surface area contributed by atoms with E-state index in [1.54, 1.807) is 11.0 Å². The van der Waals surface area contributed by atoms with Crippen LogP contribution in [0, 0.1) is 0 Å². The van der Waals surface area contributed by atoms with Gasteiger partial charge < -0.3 is 4.90 Å². The van der Waals surface area contributed by atoms with Gasteiger partial charge in [0.15, 0.2) is 0 Å². The summed E-state index contributed by atoms with van der Waals surface area (Å²) in [6.07, 6.45) is 1.53. The summed E-state index contributed by atoms with van der Waals surface area (Å²) in [5.41, 5.74) is -0.324. The summed E-state index contributed by atoms with van der Waals surface area (Å²) >= 11 is 0. The van der Waals surface area contributed by atoms with Crippen molar-refractivity contribution in [3.8, 4) is 0 Å². The Morgan fingerprint density at radius 1 is 1.15 bits per heavy atom. The van der Waals surface area contributed by atoms with E-state index in [9.17, 15) is 18.0 Å². The number of halogens is 3. The summed E-state index contributed by atoms with van der Waals surface area (Å²) < 4.78 is 37.7. The van der Waals surface area contributed by atoms with Crippen molar-refractivity contribution in [2.75, 3.05) is 13.1 Å². The molecule has 20 heavy (non-hydrogen) atoms. The number of nitrogens with zero attached hydrogens (tertiary/aromatic N) is 1. The van der Waals surface area contributed by atoms with Gasteiger partial charge in [0.1, 0.15) is 0 Å². The Hall–Kier alpha value is -1.78. The number of amides is 1. The van der Waals surface area contributed by atoms with Gasteiger partial charge in [0.25, 0.3) is 0 Å². The molecule has 0 unspecified atom stereocenters. The molecule has 0 aliphatic carbocycles. The topological polar surface area (TPSA) is 20.3 Å². The van der Waals surface area contributed by atoms with Crippen molar-refractivity contribution in [3.05, 3.63) is 41.5 Å². The summed E-state index contributed by atoms with van der Waals surface area (Å²) in [6, 6.07) is 4.95. The third kappa shape index (κ3) is 3.85. The van der Waals surface area contributed by atoms with E-state index in [2.05, 4.69) is 0 Å². The second-order valence-corrected chi connectivity index (χ2v) is 4.84. The summed E-state index contributed by atoms with van der Waals surface area (Å²) in [7, 11) is 0. The van der Waals surface area contributed by atoms with Crippen molar-refractivity contribution in [1.82, 2.24) is 4.90 Å². The average Bonchev–Trinajstić information content (AvgIpc) is 2.45. The number of piperidine rings is 1. The minimum atomic E-state index is -4.36. The quantitative estimate of drug-likeness (QED) is 0.757. The first-order valence-corrected chi connectivity index (χ1v) is 6.61. The van der Waals surface area contributed by atoms with Crippen LogP contribution in [0.25, 0.3) is 6.08 Å². The molecule has 5 heteroatoms. The Balaban J connectivity index is 2.05. The molecule has 1 heterocycles. The van der Waals surface area contributed by atoms with Crippen LogP contribution in [0.3, 0.4) is 0 Å². The molecule has 1 amide bonds. The molecule has 1 fully saturated rings. The normalized spacial score (nSPS) is 16.6. The molecule has 0 spiro atoms. The SMILES string of the molecule is O=C(/C=C/c1cccc(C(F)(F)F)c1)N1CCCCC1. The molecule has 1 aliphatic rings. The monoisotopic (exact) mass is 283 g/mol. The summed E-state index contributed by atoms with van der Waals surface area (Å²) in [6.45, 7) is 1.46. The summed E-state index contributed by atoms with van der Waals surface area (Å²) in [5.74, 6) is -0.137. The first-order valence-electron chi connectivity index (χ1n) is 6.61. The van der Waals surface area contributed by atoms with E-state index in [1.165, 1.54) is 18.2 Å². The van der Waals surface area contributed by atoms with Crippen molar-refractivity contribution in [2.45, 2.75) is 25.4 Å². The lowest BCUT2D eigenvalue weighted by Gasteiger charge is -2.25. The van der Waals surface area contributed by atoms with Gasteiger partial charge in [-0.1, -0.05) is 12.1 Å². The molecule has 0 atom stereocenters. The highest BCUT2D eigenvalue weighted by atomic mass is 19.4. The molecule has 0 saturated carbocycles. The third-order valence-electron chi connectivity index (χ3n) is 3.30. The van der Waals surface area contributed by atoms with E-state index in [-0.39, 0.29) is 5.91 Å². The van der Waals surface area contributed by atoms with Gasteiger partial charge in [0.2, 0.25) is 5.91 Å². The Morgan fingerprint density at radius 2 is 1.85 bits per heavy atom. The average molecular weight is 283 g/mol. The van der Waals surface area contributed by atoms with Crippen LogP contribution in [-0.4, -0.2) is 23.9 Å². The van der Waals surface area contributed by atoms with Gasteiger partial charge in [-0.2, -0.15) is 13.2 Å². The van der Waals surface area contributed by atoms with Crippen molar-refractivity contribution < 1.29 is 18.0 Å². The molecule has 0 radical (unpaired) electrons. The van der Waals surface area contributed by atoms with Gasteiger partial charge in [-0.25, -0.2) is 0 Å². The first-order chi connectivity index (χ1) is 9.47. The third-order valence-corrected chi connectivity index (χ3v) is 3.30. The lowest BCUT2D eigenvalue weighted by molar-refractivity contribution is -0.137. The fourth-order valence-corrected chi connectivity index (χ4v) is 2.21. The number of likely N-dealkylation sites (tertiary alicyclic amines) is 1. The minimum Gasteiger partial charge on any atom is -0.339 e. The number of alkyl halides is 3. The van der Waals surface area contributed by atoms with Gasteiger partial charge in [-0.3, -0.25) is 4.79 Å². The van der Waals surface area contributed by atoms with Crippen molar-refractivity contribution in [1.29, 1.82) is 0 Å². The number of carbonyl (C=O) groups is 1. The van der Waals surface area contributed by atoms with Gasteiger partial charge in [-0.05, 0) is 43.0 Å². The van der Waals surface area contributed by atoms with Crippen LogP contribution >= 0.6 is 0 Å². The minimum absolute atomic E-state index is 0.137. The summed E-state index contributed by atoms with van der Waals surface area (Å²) in [4.78, 5) is 13.6. The van der Waals surface area contributed by atoms with Crippen LogP contribution in [0.15, 0.2) is 30.3 Å². The second kappa shape index (κ2) is 6.11. The molecular weight excluding hydrogens is 267 g/mol. The number of hydrogen-bond donors (Lipinski definition) is 0. The zero-order valence-corrected chi connectivity index (χ0v) is 11.0. The van der Waals surface area contributed by atoms with Crippen LogP contribution in [0.1, 0.15) is 30.4 Å².